The predicted molar refractivity (Wildman–Crippen MR) is 134 cm³/mol. The molecule has 0 heterocycles. The van der Waals surface area contributed by atoms with Crippen molar-refractivity contribution in [1.29, 1.82) is 0 Å². The van der Waals surface area contributed by atoms with Crippen molar-refractivity contribution in [2.45, 2.75) is 18.7 Å². The van der Waals surface area contributed by atoms with Crippen LogP contribution in [0, 0.1) is 13.8 Å². The first-order valence-electron chi connectivity index (χ1n) is 10.4. The maximum Gasteiger partial charge on any atom is 0.255 e. The Balaban J connectivity index is 1.38. The van der Waals surface area contributed by atoms with Gasteiger partial charge in [-0.2, -0.15) is 0 Å². The molecule has 0 fully saturated rings. The number of aryl methyl sites for hydroxylation is 1. The summed E-state index contributed by atoms with van der Waals surface area (Å²) in [4.78, 5) is 26.0. The van der Waals surface area contributed by atoms with Gasteiger partial charge in [0.2, 0.25) is 5.91 Å². The maximum atomic E-state index is 12.7. The van der Waals surface area contributed by atoms with Gasteiger partial charge in [0, 0.05) is 21.8 Å². The van der Waals surface area contributed by atoms with E-state index in [-0.39, 0.29) is 17.6 Å². The van der Waals surface area contributed by atoms with Crippen LogP contribution in [0.2, 0.25) is 0 Å². The Bertz CT molecular complexity index is 1300. The summed E-state index contributed by atoms with van der Waals surface area (Å²) in [6.07, 6.45) is 0. The fraction of sp³-hybridized carbons (Fsp3) is 0.111. The van der Waals surface area contributed by atoms with E-state index in [2.05, 4.69) is 10.6 Å². The summed E-state index contributed by atoms with van der Waals surface area (Å²) in [7, 11) is 0. The second-order valence-corrected chi connectivity index (χ2v) is 8.68. The molecular weight excluding hydrogens is 416 g/mol. The fourth-order valence-corrected chi connectivity index (χ4v) is 4.17. The van der Waals surface area contributed by atoms with E-state index in [0.29, 0.717) is 11.3 Å². The third kappa shape index (κ3) is 5.18. The molecule has 2 amide bonds. The van der Waals surface area contributed by atoms with Crippen LogP contribution in [0.5, 0.6) is 0 Å². The molecule has 32 heavy (non-hydrogen) atoms. The van der Waals surface area contributed by atoms with Crippen LogP contribution in [0.4, 0.5) is 11.4 Å². The first-order valence-corrected chi connectivity index (χ1v) is 11.4. The molecule has 2 N–H and O–H groups in total. The lowest BCUT2D eigenvalue weighted by Gasteiger charge is -2.11. The lowest BCUT2D eigenvalue weighted by molar-refractivity contribution is -0.113. The third-order valence-electron chi connectivity index (χ3n) is 5.35. The molecule has 0 bridgehead atoms. The van der Waals surface area contributed by atoms with E-state index in [1.54, 1.807) is 0 Å². The molecule has 0 saturated heterocycles. The molecule has 5 heteroatoms. The summed E-state index contributed by atoms with van der Waals surface area (Å²) >= 11 is 1.43. The monoisotopic (exact) mass is 440 g/mol. The second kappa shape index (κ2) is 9.71. The Morgan fingerprint density at radius 2 is 1.56 bits per heavy atom. The number of anilines is 2. The van der Waals surface area contributed by atoms with Gasteiger partial charge in [-0.1, -0.05) is 48.5 Å². The van der Waals surface area contributed by atoms with Crippen LogP contribution in [0.15, 0.2) is 89.8 Å². The van der Waals surface area contributed by atoms with Crippen LogP contribution in [-0.2, 0) is 4.79 Å². The van der Waals surface area contributed by atoms with Crippen LogP contribution in [0.1, 0.15) is 21.5 Å². The summed E-state index contributed by atoms with van der Waals surface area (Å²) in [5, 5.41) is 8.05. The number of nitrogens with one attached hydrogen (secondary N) is 2. The van der Waals surface area contributed by atoms with Crippen LogP contribution >= 0.6 is 11.8 Å². The van der Waals surface area contributed by atoms with Crippen LogP contribution in [-0.4, -0.2) is 17.6 Å². The largest absolute Gasteiger partial charge is 0.325 e. The van der Waals surface area contributed by atoms with E-state index in [4.69, 9.17) is 0 Å². The van der Waals surface area contributed by atoms with Gasteiger partial charge in [-0.05, 0) is 72.1 Å². The highest BCUT2D eigenvalue weighted by molar-refractivity contribution is 8.00. The Hall–Kier alpha value is -3.57. The van der Waals surface area contributed by atoms with Crippen molar-refractivity contribution in [3.63, 3.8) is 0 Å². The standard InChI is InChI=1S/C27H24N2O2S/c1-18-7-5-12-25(19(18)2)29-26(30)17-32-24-11-6-10-23(16-24)28-27(31)22-14-13-20-8-3-4-9-21(20)15-22/h3-16H,17H2,1-2H3,(H,28,31)(H,29,30). The van der Waals surface area contributed by atoms with E-state index in [1.807, 2.05) is 98.8 Å². The number of rotatable bonds is 6. The number of fused-ring (bicyclic) bond motifs is 1. The zero-order valence-electron chi connectivity index (χ0n) is 18.0. The van der Waals surface area contributed by atoms with Gasteiger partial charge in [-0.25, -0.2) is 0 Å². The third-order valence-corrected chi connectivity index (χ3v) is 6.35. The molecule has 4 aromatic carbocycles. The molecule has 160 valence electrons. The van der Waals surface area contributed by atoms with Gasteiger partial charge in [-0.3, -0.25) is 9.59 Å². The highest BCUT2D eigenvalue weighted by Crippen LogP contribution is 2.24. The lowest BCUT2D eigenvalue weighted by atomic mass is 10.1. The number of hydrogen-bond acceptors (Lipinski definition) is 3. The molecule has 0 atom stereocenters. The molecule has 0 radical (unpaired) electrons. The second-order valence-electron chi connectivity index (χ2n) is 7.63. The number of carbonyl (C=O) groups excluding carboxylic acids is 2. The van der Waals surface area contributed by atoms with Gasteiger partial charge in [0.15, 0.2) is 0 Å². The molecule has 4 nitrogen and oxygen atoms in total. The fourth-order valence-electron chi connectivity index (χ4n) is 3.42. The smallest absolute Gasteiger partial charge is 0.255 e. The van der Waals surface area contributed by atoms with E-state index in [9.17, 15) is 9.59 Å². The Labute approximate surface area is 192 Å². The molecule has 0 aliphatic heterocycles. The Morgan fingerprint density at radius 3 is 2.41 bits per heavy atom. The molecule has 4 rings (SSSR count). The first-order chi connectivity index (χ1) is 15.5. The van der Waals surface area contributed by atoms with Crippen molar-refractivity contribution in [3.8, 4) is 0 Å². The number of amides is 2. The number of hydrogen-bond donors (Lipinski definition) is 2. The Kier molecular flexibility index (Phi) is 6.57. The van der Waals surface area contributed by atoms with E-state index < -0.39 is 0 Å². The molecule has 0 aliphatic carbocycles. The van der Waals surface area contributed by atoms with Gasteiger partial charge in [-0.15, -0.1) is 11.8 Å². The average molecular weight is 441 g/mol. The summed E-state index contributed by atoms with van der Waals surface area (Å²) in [6.45, 7) is 4.03. The highest BCUT2D eigenvalue weighted by Gasteiger charge is 2.10. The maximum absolute atomic E-state index is 12.7. The molecular formula is C27H24N2O2S. The van der Waals surface area contributed by atoms with Crippen LogP contribution < -0.4 is 10.6 Å². The summed E-state index contributed by atoms with van der Waals surface area (Å²) in [5.41, 5.74) is 4.36. The number of benzene rings is 4. The van der Waals surface area contributed by atoms with Crippen molar-refractivity contribution in [2.24, 2.45) is 0 Å². The molecule has 0 aliphatic rings. The minimum atomic E-state index is -0.162. The predicted octanol–water partition coefficient (Wildman–Crippen LogP) is 6.44. The normalized spacial score (nSPS) is 10.7. The number of carbonyl (C=O) groups is 2. The zero-order chi connectivity index (χ0) is 22.5. The summed E-state index contributed by atoms with van der Waals surface area (Å²) in [6, 6.07) is 27.0. The van der Waals surface area contributed by atoms with E-state index in [1.165, 1.54) is 11.8 Å². The highest BCUT2D eigenvalue weighted by atomic mass is 32.2. The molecule has 4 aromatic rings. The van der Waals surface area contributed by atoms with E-state index >= 15 is 0 Å². The molecule has 0 spiro atoms. The van der Waals surface area contributed by atoms with Gasteiger partial charge in [0.05, 0.1) is 5.75 Å². The van der Waals surface area contributed by atoms with Gasteiger partial charge in [0.25, 0.3) is 5.91 Å². The van der Waals surface area contributed by atoms with Gasteiger partial charge >= 0.3 is 0 Å². The van der Waals surface area contributed by atoms with Crippen LogP contribution in [0.25, 0.3) is 10.8 Å². The van der Waals surface area contributed by atoms with Crippen molar-refractivity contribution in [3.05, 3.63) is 102 Å². The summed E-state index contributed by atoms with van der Waals surface area (Å²) in [5.74, 6) is 0.0648. The first kappa shape index (κ1) is 21.7. The minimum absolute atomic E-state index is 0.0608. The average Bonchev–Trinajstić information content (AvgIpc) is 2.80. The van der Waals surface area contributed by atoms with Crippen molar-refractivity contribution in [1.82, 2.24) is 0 Å². The quantitative estimate of drug-likeness (QED) is 0.339. The van der Waals surface area contributed by atoms with E-state index in [0.717, 1.165) is 32.5 Å². The topological polar surface area (TPSA) is 58.2 Å². The number of thioether (sulfide) groups is 1. The van der Waals surface area contributed by atoms with Gasteiger partial charge < -0.3 is 10.6 Å². The molecule has 0 saturated carbocycles. The SMILES string of the molecule is Cc1cccc(NC(=O)CSc2cccc(NC(=O)c3ccc4ccccc4c3)c2)c1C. The lowest BCUT2D eigenvalue weighted by Crippen LogP contribution is -2.15. The minimum Gasteiger partial charge on any atom is -0.325 e. The Morgan fingerprint density at radius 1 is 0.781 bits per heavy atom. The van der Waals surface area contributed by atoms with Crippen LogP contribution in [0.3, 0.4) is 0 Å². The van der Waals surface area contributed by atoms with Crippen molar-refractivity contribution < 1.29 is 9.59 Å². The molecule has 0 aromatic heterocycles. The zero-order valence-corrected chi connectivity index (χ0v) is 18.8. The molecule has 0 unspecified atom stereocenters. The van der Waals surface area contributed by atoms with Crippen molar-refractivity contribution in [2.75, 3.05) is 16.4 Å². The van der Waals surface area contributed by atoms with Crippen molar-refractivity contribution >= 4 is 45.7 Å². The van der Waals surface area contributed by atoms with Gasteiger partial charge in [0.1, 0.15) is 0 Å². The summed E-state index contributed by atoms with van der Waals surface area (Å²) < 4.78 is 0.